The molecular formula is C29H40N4O5. The number of nitrogens with zero attached hydrogens (tertiary/aromatic N) is 3. The summed E-state index contributed by atoms with van der Waals surface area (Å²) in [5, 5.41) is 13.3. The summed E-state index contributed by atoms with van der Waals surface area (Å²) in [4.78, 5) is 29.8. The number of aliphatic hydroxyl groups excluding tert-OH is 1. The maximum absolute atomic E-state index is 12.5. The number of hydrogen-bond acceptors (Lipinski definition) is 7. The maximum atomic E-state index is 12.5. The molecule has 1 aliphatic heterocycles. The van der Waals surface area contributed by atoms with E-state index in [9.17, 15) is 14.7 Å². The van der Waals surface area contributed by atoms with Crippen molar-refractivity contribution >= 4 is 17.0 Å². The first-order valence-electron chi connectivity index (χ1n) is 13.5. The van der Waals surface area contributed by atoms with Gasteiger partial charge < -0.3 is 23.7 Å². The molecule has 3 heterocycles. The number of nitrogens with one attached hydrogen (secondary N) is 1. The van der Waals surface area contributed by atoms with Crippen molar-refractivity contribution in [2.24, 2.45) is 18.9 Å². The van der Waals surface area contributed by atoms with E-state index in [1.807, 2.05) is 45.2 Å². The Kier molecular flexibility index (Phi) is 9.02. The van der Waals surface area contributed by atoms with Gasteiger partial charge in [-0.05, 0) is 56.4 Å². The zero-order chi connectivity index (χ0) is 27.4. The number of hydrogen-bond donors (Lipinski definition) is 2. The molecule has 9 heteroatoms. The molecule has 3 atom stereocenters. The summed E-state index contributed by atoms with van der Waals surface area (Å²) >= 11 is 0. The van der Waals surface area contributed by atoms with Gasteiger partial charge in [-0.2, -0.15) is 0 Å². The van der Waals surface area contributed by atoms with Crippen molar-refractivity contribution < 1.29 is 19.4 Å². The second kappa shape index (κ2) is 12.2. The standard InChI is InChI=1S/C29H40N4O5/c1-18(2)16-38-29(36)26(20(4)34)30-13-21-8-9-25-24(12-21)31-27(23-11-19(3)28(35)32(5)15-23)33(25)14-22-7-6-10-37-17-22/h8-9,11-12,15,18,20,22,26,30,34H,6-7,10,13-14,16-17H2,1-5H3/t20?,22-,26?/m0/s1. The number of aryl methyl sites for hydroxylation is 2. The normalized spacial score (nSPS) is 17.6. The van der Waals surface area contributed by atoms with Crippen LogP contribution < -0.4 is 10.9 Å². The van der Waals surface area contributed by atoms with Crippen LogP contribution in [0, 0.1) is 18.8 Å². The molecule has 0 bridgehead atoms. The number of carbonyl (C=O) groups excluding carboxylic acids is 1. The van der Waals surface area contributed by atoms with Crippen LogP contribution in [-0.2, 0) is 34.4 Å². The van der Waals surface area contributed by atoms with Crippen LogP contribution in [0.25, 0.3) is 22.4 Å². The lowest BCUT2D eigenvalue weighted by Crippen LogP contribution is -2.45. The van der Waals surface area contributed by atoms with Gasteiger partial charge in [-0.3, -0.25) is 14.9 Å². The van der Waals surface area contributed by atoms with Crippen LogP contribution >= 0.6 is 0 Å². The summed E-state index contributed by atoms with van der Waals surface area (Å²) in [5.41, 5.74) is 4.31. The van der Waals surface area contributed by atoms with Crippen molar-refractivity contribution in [2.75, 3.05) is 19.8 Å². The number of aliphatic hydroxyl groups is 1. The van der Waals surface area contributed by atoms with E-state index in [4.69, 9.17) is 14.5 Å². The Bertz CT molecular complexity index is 1290. The number of rotatable bonds is 10. The molecule has 206 valence electrons. The summed E-state index contributed by atoms with van der Waals surface area (Å²) in [7, 11) is 1.76. The highest BCUT2D eigenvalue weighted by atomic mass is 16.5. The van der Waals surface area contributed by atoms with Crippen LogP contribution in [0.1, 0.15) is 44.7 Å². The molecule has 0 aliphatic carbocycles. The Balaban J connectivity index is 1.64. The fourth-order valence-corrected chi connectivity index (χ4v) is 4.92. The van der Waals surface area contributed by atoms with E-state index in [-0.39, 0.29) is 11.5 Å². The molecule has 2 N–H and O–H groups in total. The van der Waals surface area contributed by atoms with Crippen LogP contribution in [0.5, 0.6) is 0 Å². The predicted octanol–water partition coefficient (Wildman–Crippen LogP) is 3.18. The molecular weight excluding hydrogens is 484 g/mol. The summed E-state index contributed by atoms with van der Waals surface area (Å²) in [6, 6.07) is 7.15. The van der Waals surface area contributed by atoms with Gasteiger partial charge in [0.1, 0.15) is 11.9 Å². The smallest absolute Gasteiger partial charge is 0.325 e. The Morgan fingerprint density at radius 2 is 2.08 bits per heavy atom. The van der Waals surface area contributed by atoms with Crippen LogP contribution in [0.15, 0.2) is 35.3 Å². The molecule has 2 unspecified atom stereocenters. The Morgan fingerprint density at radius 3 is 2.74 bits per heavy atom. The highest BCUT2D eigenvalue weighted by molar-refractivity contribution is 5.81. The third-order valence-corrected chi connectivity index (χ3v) is 6.95. The van der Waals surface area contributed by atoms with Crippen molar-refractivity contribution in [1.29, 1.82) is 0 Å². The Morgan fingerprint density at radius 1 is 1.29 bits per heavy atom. The highest BCUT2D eigenvalue weighted by Crippen LogP contribution is 2.28. The molecule has 4 rings (SSSR count). The number of carbonyl (C=O) groups is 1. The molecule has 0 amide bonds. The van der Waals surface area contributed by atoms with Crippen molar-refractivity contribution in [1.82, 2.24) is 19.4 Å². The second-order valence-electron chi connectivity index (χ2n) is 10.9. The van der Waals surface area contributed by atoms with Crippen molar-refractivity contribution in [3.05, 3.63) is 51.9 Å². The van der Waals surface area contributed by atoms with E-state index >= 15 is 0 Å². The molecule has 0 spiro atoms. The minimum Gasteiger partial charge on any atom is -0.464 e. The van der Waals surface area contributed by atoms with E-state index in [2.05, 4.69) is 16.0 Å². The Hall–Kier alpha value is -3.01. The average molecular weight is 525 g/mol. The van der Waals surface area contributed by atoms with Gasteiger partial charge in [0.2, 0.25) is 0 Å². The average Bonchev–Trinajstić information content (AvgIpc) is 3.23. The number of aromatic nitrogens is 3. The largest absolute Gasteiger partial charge is 0.464 e. The molecule has 1 fully saturated rings. The molecule has 1 aromatic carbocycles. The summed E-state index contributed by atoms with van der Waals surface area (Å²) < 4.78 is 14.9. The van der Waals surface area contributed by atoms with Crippen LogP contribution in [-0.4, -0.2) is 57.2 Å². The lowest BCUT2D eigenvalue weighted by molar-refractivity contribution is -0.150. The minimum atomic E-state index is -0.894. The predicted molar refractivity (Wildman–Crippen MR) is 147 cm³/mol. The first-order chi connectivity index (χ1) is 18.1. The van der Waals surface area contributed by atoms with Crippen molar-refractivity contribution in [3.63, 3.8) is 0 Å². The van der Waals surface area contributed by atoms with E-state index in [0.29, 0.717) is 24.6 Å². The van der Waals surface area contributed by atoms with Gasteiger partial charge in [0, 0.05) is 50.0 Å². The van der Waals surface area contributed by atoms with E-state index in [1.54, 1.807) is 18.5 Å². The summed E-state index contributed by atoms with van der Waals surface area (Å²) in [6.07, 6.45) is 3.09. The molecule has 3 aromatic rings. The number of imidazole rings is 1. The number of ether oxygens (including phenoxy) is 2. The molecule has 1 aliphatic rings. The van der Waals surface area contributed by atoms with Gasteiger partial charge >= 0.3 is 5.97 Å². The third-order valence-electron chi connectivity index (χ3n) is 6.95. The zero-order valence-corrected chi connectivity index (χ0v) is 23.1. The van der Waals surface area contributed by atoms with Crippen LogP contribution in [0.2, 0.25) is 0 Å². The lowest BCUT2D eigenvalue weighted by Gasteiger charge is -2.23. The lowest BCUT2D eigenvalue weighted by atomic mass is 10.0. The second-order valence-corrected chi connectivity index (χ2v) is 10.9. The van der Waals surface area contributed by atoms with Gasteiger partial charge in [0.15, 0.2) is 0 Å². The molecule has 0 saturated carbocycles. The fraction of sp³-hybridized carbons (Fsp3) is 0.552. The quantitative estimate of drug-likeness (QED) is 0.392. The van der Waals surface area contributed by atoms with Gasteiger partial charge in [-0.25, -0.2) is 4.98 Å². The molecule has 0 radical (unpaired) electrons. The maximum Gasteiger partial charge on any atom is 0.325 e. The first kappa shape index (κ1) is 28.0. The van der Waals surface area contributed by atoms with Gasteiger partial charge in [-0.15, -0.1) is 0 Å². The fourth-order valence-electron chi connectivity index (χ4n) is 4.92. The number of esters is 1. The van der Waals surface area contributed by atoms with Gasteiger partial charge in [0.05, 0.1) is 30.4 Å². The summed E-state index contributed by atoms with van der Waals surface area (Å²) in [5.74, 6) is 0.962. The van der Waals surface area contributed by atoms with Crippen molar-refractivity contribution in [3.8, 4) is 11.4 Å². The number of fused-ring (bicyclic) bond motifs is 1. The minimum absolute atomic E-state index is 0.0231. The molecule has 38 heavy (non-hydrogen) atoms. The zero-order valence-electron chi connectivity index (χ0n) is 23.1. The molecule has 2 aromatic heterocycles. The van der Waals surface area contributed by atoms with Crippen LogP contribution in [0.4, 0.5) is 0 Å². The molecule has 9 nitrogen and oxygen atoms in total. The van der Waals surface area contributed by atoms with Crippen LogP contribution in [0.3, 0.4) is 0 Å². The molecule has 1 saturated heterocycles. The van der Waals surface area contributed by atoms with Gasteiger partial charge in [-0.1, -0.05) is 19.9 Å². The van der Waals surface area contributed by atoms with E-state index < -0.39 is 18.1 Å². The van der Waals surface area contributed by atoms with Crippen molar-refractivity contribution in [2.45, 2.75) is 65.8 Å². The van der Waals surface area contributed by atoms with E-state index in [0.717, 1.165) is 60.6 Å². The topological polar surface area (TPSA) is 108 Å². The van der Waals surface area contributed by atoms with Gasteiger partial charge in [0.25, 0.3) is 5.56 Å². The number of pyridine rings is 1. The SMILES string of the molecule is Cc1cc(-c2nc3cc(CNC(C(=O)OCC(C)C)C(C)O)ccc3n2C[C@@H]2CCCOC2)cn(C)c1=O. The first-order valence-corrected chi connectivity index (χ1v) is 13.5. The van der Waals surface area contributed by atoms with E-state index in [1.165, 1.54) is 0 Å². The summed E-state index contributed by atoms with van der Waals surface area (Å²) in [6.45, 7) is 10.3. The number of benzene rings is 1. The highest BCUT2D eigenvalue weighted by Gasteiger charge is 2.25. The monoisotopic (exact) mass is 524 g/mol. The third kappa shape index (κ3) is 6.51. The Labute approximate surface area is 223 Å².